The Balaban J connectivity index is 2.76. The highest BCUT2D eigenvalue weighted by Crippen LogP contribution is 2.09. The third-order valence-corrected chi connectivity index (χ3v) is 1.17. The van der Waals surface area contributed by atoms with Gasteiger partial charge in [0, 0.05) is 6.20 Å². The second-order valence-corrected chi connectivity index (χ2v) is 1.84. The monoisotopic (exact) mass is 143 g/mol. The van der Waals surface area contributed by atoms with Gasteiger partial charge in [0.2, 0.25) is 6.41 Å². The normalized spacial score (nSPS) is 9.00. The Morgan fingerprint density at radius 2 is 2.67 bits per heavy atom. The van der Waals surface area contributed by atoms with Crippen molar-refractivity contribution in [2.24, 2.45) is 0 Å². The van der Waals surface area contributed by atoms with Gasteiger partial charge in [-0.3, -0.25) is 14.2 Å². The summed E-state index contributed by atoms with van der Waals surface area (Å²) in [6.45, 7) is 0. The summed E-state index contributed by atoms with van der Waals surface area (Å²) in [5, 5.41) is 6.16. The first-order chi connectivity index (χ1) is 4.34. The van der Waals surface area contributed by atoms with Crippen molar-refractivity contribution in [3.8, 4) is 0 Å². The Bertz CT molecular complexity index is 186. The Labute approximate surface area is 57.4 Å². The van der Waals surface area contributed by atoms with Crippen LogP contribution in [0.5, 0.6) is 0 Å². The summed E-state index contributed by atoms with van der Waals surface area (Å²) in [6.07, 6.45) is 3.66. The predicted octanol–water partition coefficient (Wildman–Crippen LogP) is 0.217. The first-order valence-electron chi connectivity index (χ1n) is 2.27. The molecule has 1 rings (SSSR count). The first-order valence-corrected chi connectivity index (χ1v) is 2.67. The van der Waals surface area contributed by atoms with Gasteiger partial charge in [0.05, 0.1) is 11.9 Å². The quantitative estimate of drug-likeness (QED) is 0.459. The molecule has 0 aromatic carbocycles. The molecule has 0 atom stereocenters. The van der Waals surface area contributed by atoms with Crippen LogP contribution in [-0.4, -0.2) is 16.6 Å². The van der Waals surface area contributed by atoms with Crippen LogP contribution in [0.4, 0.5) is 5.69 Å². The second kappa shape index (κ2) is 2.54. The number of aromatic amines is 1. The highest BCUT2D eigenvalue weighted by Gasteiger charge is 1.97. The molecule has 0 fully saturated rings. The zero-order valence-corrected chi connectivity index (χ0v) is 5.38. The zero-order chi connectivity index (χ0) is 6.69. The van der Waals surface area contributed by atoms with Gasteiger partial charge in [-0.25, -0.2) is 0 Å². The topological polar surface area (TPSA) is 49.0 Å². The molecule has 0 radical (unpaired) electrons. The number of hydrogen-bond donors (Lipinski definition) is 2. The van der Waals surface area contributed by atoms with Crippen molar-refractivity contribution in [1.29, 1.82) is 0 Å². The van der Waals surface area contributed by atoms with Gasteiger partial charge >= 0.3 is 0 Å². The molecule has 4 nitrogen and oxygen atoms in total. The second-order valence-electron chi connectivity index (χ2n) is 1.41. The Hall–Kier alpha value is -0.970. The maximum atomic E-state index is 10.0. The predicted molar refractivity (Wildman–Crippen MR) is 36.1 cm³/mol. The van der Waals surface area contributed by atoms with E-state index in [2.05, 4.69) is 23.0 Å². The summed E-state index contributed by atoms with van der Waals surface area (Å²) >= 11 is 3.79. The molecule has 1 aromatic rings. The molecule has 0 aliphatic rings. The van der Waals surface area contributed by atoms with Gasteiger partial charge in [0.15, 0.2) is 0 Å². The zero-order valence-electron chi connectivity index (χ0n) is 4.48. The summed E-state index contributed by atoms with van der Waals surface area (Å²) in [5.74, 6) is 0. The number of amides is 1. The molecule has 5 heteroatoms. The number of nitrogens with one attached hydrogen (secondary N) is 1. The minimum absolute atomic E-state index is 0.591. The standard InChI is InChI=1S/C4H5N3OS/c8-3-7(9)4-1-5-6-2-4/h1-3,9H,(H,5,6). The maximum absolute atomic E-state index is 10.0. The van der Waals surface area contributed by atoms with E-state index >= 15 is 0 Å². The van der Waals surface area contributed by atoms with Crippen molar-refractivity contribution >= 4 is 24.9 Å². The van der Waals surface area contributed by atoms with Crippen LogP contribution < -0.4 is 4.31 Å². The van der Waals surface area contributed by atoms with Gasteiger partial charge in [-0.15, -0.1) is 0 Å². The van der Waals surface area contributed by atoms with Crippen molar-refractivity contribution in [3.63, 3.8) is 0 Å². The van der Waals surface area contributed by atoms with E-state index < -0.39 is 0 Å². The molecule has 0 spiro atoms. The van der Waals surface area contributed by atoms with E-state index in [1.165, 1.54) is 6.20 Å². The molecule has 48 valence electrons. The van der Waals surface area contributed by atoms with Crippen LogP contribution in [0.2, 0.25) is 0 Å². The van der Waals surface area contributed by atoms with Crippen LogP contribution in [0.25, 0.3) is 0 Å². The Kier molecular flexibility index (Phi) is 1.74. The largest absolute Gasteiger partial charge is 0.284 e. The van der Waals surface area contributed by atoms with Gasteiger partial charge < -0.3 is 0 Å². The number of aromatic nitrogens is 2. The lowest BCUT2D eigenvalue weighted by Gasteiger charge is -2.01. The molecular formula is C4H5N3OS. The molecule has 0 aliphatic heterocycles. The third-order valence-electron chi connectivity index (χ3n) is 0.848. The van der Waals surface area contributed by atoms with Crippen LogP contribution in [-0.2, 0) is 4.79 Å². The van der Waals surface area contributed by atoms with Gasteiger partial charge in [-0.05, 0) is 0 Å². The van der Waals surface area contributed by atoms with Crippen LogP contribution in [0.15, 0.2) is 12.4 Å². The van der Waals surface area contributed by atoms with E-state index in [0.717, 1.165) is 4.31 Å². The smallest absolute Gasteiger partial charge is 0.224 e. The van der Waals surface area contributed by atoms with Crippen LogP contribution in [0.3, 0.4) is 0 Å². The van der Waals surface area contributed by atoms with Crippen LogP contribution >= 0.6 is 12.8 Å². The fourth-order valence-corrected chi connectivity index (χ4v) is 0.540. The van der Waals surface area contributed by atoms with Gasteiger partial charge in [-0.1, -0.05) is 12.8 Å². The average molecular weight is 143 g/mol. The minimum Gasteiger partial charge on any atom is -0.284 e. The number of carbonyl (C=O) groups excluding carboxylic acids is 1. The van der Waals surface area contributed by atoms with E-state index in [9.17, 15) is 4.79 Å². The first kappa shape index (κ1) is 6.15. The van der Waals surface area contributed by atoms with Crippen LogP contribution in [0.1, 0.15) is 0 Å². The molecule has 1 amide bonds. The van der Waals surface area contributed by atoms with E-state index in [1.807, 2.05) is 0 Å². The minimum atomic E-state index is 0.591. The molecule has 0 saturated heterocycles. The number of hydrogen-bond acceptors (Lipinski definition) is 3. The lowest BCUT2D eigenvalue weighted by molar-refractivity contribution is -0.106. The van der Waals surface area contributed by atoms with Gasteiger partial charge in [-0.2, -0.15) is 5.10 Å². The number of carbonyl (C=O) groups is 1. The van der Waals surface area contributed by atoms with E-state index in [-0.39, 0.29) is 0 Å². The molecule has 1 N–H and O–H groups in total. The lowest BCUT2D eigenvalue weighted by Crippen LogP contribution is -2.04. The molecule has 9 heavy (non-hydrogen) atoms. The molecule has 0 aliphatic carbocycles. The molecule has 1 heterocycles. The molecule has 0 saturated carbocycles. The summed E-state index contributed by atoms with van der Waals surface area (Å²) in [6, 6.07) is 0. The number of H-pyrrole nitrogens is 1. The van der Waals surface area contributed by atoms with Gasteiger partial charge in [0.1, 0.15) is 0 Å². The van der Waals surface area contributed by atoms with E-state index in [1.54, 1.807) is 6.20 Å². The summed E-state index contributed by atoms with van der Waals surface area (Å²) in [5.41, 5.74) is 0.633. The van der Waals surface area contributed by atoms with Crippen LogP contribution in [0, 0.1) is 0 Å². The molecule has 0 unspecified atom stereocenters. The highest BCUT2D eigenvalue weighted by molar-refractivity contribution is 7.82. The molecular weight excluding hydrogens is 138 g/mol. The summed E-state index contributed by atoms with van der Waals surface area (Å²) in [7, 11) is 0. The van der Waals surface area contributed by atoms with Crippen molar-refractivity contribution in [3.05, 3.63) is 12.4 Å². The van der Waals surface area contributed by atoms with Crippen molar-refractivity contribution in [1.82, 2.24) is 10.2 Å². The molecule has 0 bridgehead atoms. The number of anilines is 1. The van der Waals surface area contributed by atoms with E-state index in [0.29, 0.717) is 12.1 Å². The molecule has 1 aromatic heterocycles. The third kappa shape index (κ3) is 1.23. The maximum Gasteiger partial charge on any atom is 0.224 e. The number of rotatable bonds is 2. The highest BCUT2D eigenvalue weighted by atomic mass is 32.1. The van der Waals surface area contributed by atoms with Crippen molar-refractivity contribution < 1.29 is 4.79 Å². The number of nitrogens with zero attached hydrogens (tertiary/aromatic N) is 2. The summed E-state index contributed by atoms with van der Waals surface area (Å²) in [4.78, 5) is 10.0. The van der Waals surface area contributed by atoms with Crippen molar-refractivity contribution in [2.45, 2.75) is 0 Å². The summed E-state index contributed by atoms with van der Waals surface area (Å²) < 4.78 is 1.13. The van der Waals surface area contributed by atoms with Gasteiger partial charge in [0.25, 0.3) is 0 Å². The lowest BCUT2D eigenvalue weighted by atomic mass is 10.6. The van der Waals surface area contributed by atoms with Crippen molar-refractivity contribution in [2.75, 3.05) is 4.31 Å². The fraction of sp³-hybridized carbons (Fsp3) is 0. The average Bonchev–Trinajstić information content (AvgIpc) is 2.37. The SMILES string of the molecule is O=CN(S)c1cn[nH]c1. The Morgan fingerprint density at radius 1 is 1.89 bits per heavy atom. The fourth-order valence-electron chi connectivity index (χ4n) is 0.430. The Morgan fingerprint density at radius 3 is 3.11 bits per heavy atom. The van der Waals surface area contributed by atoms with E-state index in [4.69, 9.17) is 0 Å². The number of thiol groups is 1.